The van der Waals surface area contributed by atoms with Crippen LogP contribution >= 0.6 is 23.2 Å². The van der Waals surface area contributed by atoms with Gasteiger partial charge in [0, 0.05) is 44.5 Å². The molecule has 0 saturated carbocycles. The molecule has 3 aromatic carbocycles. The van der Waals surface area contributed by atoms with Crippen LogP contribution in [-0.4, -0.2) is 38.5 Å². The smallest absolute Gasteiger partial charge is 0.282 e. The molecule has 0 spiro atoms. The molecule has 15 heteroatoms. The summed E-state index contributed by atoms with van der Waals surface area (Å²) in [7, 11) is -8.50. The number of fused-ring (bicyclic) bond motifs is 1. The maximum absolute atomic E-state index is 14.8. The van der Waals surface area contributed by atoms with Gasteiger partial charge in [-0.05, 0) is 54.6 Å². The third-order valence-electron chi connectivity index (χ3n) is 6.37. The third-order valence-corrected chi connectivity index (χ3v) is 9.02. The summed E-state index contributed by atoms with van der Waals surface area (Å²) in [6, 6.07) is 16.8. The van der Waals surface area contributed by atoms with Crippen LogP contribution in [0, 0.1) is 5.82 Å². The van der Waals surface area contributed by atoms with Gasteiger partial charge in [-0.3, -0.25) is 14.3 Å². The van der Waals surface area contributed by atoms with E-state index in [2.05, 4.69) is 9.71 Å². The molecule has 222 valence electrons. The van der Waals surface area contributed by atoms with Gasteiger partial charge in [-0.1, -0.05) is 41.4 Å². The topological polar surface area (TPSA) is 147 Å². The molecule has 3 N–H and O–H groups in total. The molecule has 0 aliphatic rings. The number of anilines is 1. The minimum atomic E-state index is -4.73. The number of aromatic amines is 1. The highest BCUT2D eigenvalue weighted by Gasteiger charge is 2.30. The van der Waals surface area contributed by atoms with E-state index < -0.39 is 42.2 Å². The van der Waals surface area contributed by atoms with Crippen LogP contribution in [0.25, 0.3) is 22.0 Å². The second-order valence-corrected chi connectivity index (χ2v) is 13.7. The number of carbonyl (C=O) groups is 1. The molecule has 0 aliphatic carbocycles. The van der Waals surface area contributed by atoms with E-state index >= 15 is 0 Å². The number of carbonyl (C=O) groups excluding carboxylic acids is 1. The highest BCUT2D eigenvalue weighted by atomic mass is 35.5. The first-order valence-corrected chi connectivity index (χ1v) is 16.5. The minimum Gasteiger partial charge on any atom is -0.331 e. The molecule has 0 bridgehead atoms. The van der Waals surface area contributed by atoms with Crippen molar-refractivity contribution < 1.29 is 26.0 Å². The van der Waals surface area contributed by atoms with Crippen LogP contribution < -0.4 is 15.0 Å². The molecule has 0 fully saturated rings. The summed E-state index contributed by atoms with van der Waals surface area (Å²) in [4.78, 5) is 28.9. The van der Waals surface area contributed by atoms with E-state index in [1.165, 1.54) is 53.2 Å². The summed E-state index contributed by atoms with van der Waals surface area (Å²) in [5, 5.41) is 0.309. The molecule has 0 saturated heterocycles. The summed E-state index contributed by atoms with van der Waals surface area (Å²) in [5.74, 6) is -1.74. The number of H-pyrrole nitrogens is 1. The average molecular weight is 664 g/mol. The fraction of sp³-hybridized carbons (Fsp3) is 0.0714. The highest BCUT2D eigenvalue weighted by Crippen LogP contribution is 2.36. The van der Waals surface area contributed by atoms with E-state index in [1.807, 2.05) is 4.72 Å². The number of nitrogens with zero attached hydrogens (tertiary/aromatic N) is 1. The lowest BCUT2D eigenvalue weighted by Gasteiger charge is -2.15. The summed E-state index contributed by atoms with van der Waals surface area (Å²) in [6.07, 6.45) is 2.27. The fourth-order valence-corrected chi connectivity index (χ4v) is 6.83. The Morgan fingerprint density at radius 1 is 0.977 bits per heavy atom. The Morgan fingerprint density at radius 3 is 2.42 bits per heavy atom. The standard InChI is InChI=1S/C28H21Cl2FN4O6S2/c1-42(38,39)33-18-9-10-21(30)24(14-18)43(40,41)34-28(37)26-25(19-6-4-12-32-27(19)36)20-13-17(29)8-11-23(20)35(26)15-16-5-2-3-7-22(16)31/h2-14,33H,15H2,1H3,(H,32,36)(H,34,37). The summed E-state index contributed by atoms with van der Waals surface area (Å²) in [6.45, 7) is -0.215. The van der Waals surface area contributed by atoms with Crippen LogP contribution in [0.15, 0.2) is 88.7 Å². The third kappa shape index (κ3) is 6.30. The van der Waals surface area contributed by atoms with Crippen LogP contribution in [0.1, 0.15) is 16.1 Å². The van der Waals surface area contributed by atoms with Crippen LogP contribution in [0.2, 0.25) is 10.0 Å². The number of rotatable bonds is 8. The molecule has 0 aliphatic heterocycles. The first-order valence-electron chi connectivity index (χ1n) is 12.3. The highest BCUT2D eigenvalue weighted by molar-refractivity contribution is 7.92. The van der Waals surface area contributed by atoms with Crippen LogP contribution in [0.5, 0.6) is 0 Å². The molecule has 43 heavy (non-hydrogen) atoms. The molecular formula is C28H21Cl2FN4O6S2. The lowest BCUT2D eigenvalue weighted by atomic mass is 10.0. The minimum absolute atomic E-state index is 0.0296. The van der Waals surface area contributed by atoms with Crippen molar-refractivity contribution in [2.45, 2.75) is 11.4 Å². The maximum Gasteiger partial charge on any atom is 0.282 e. The quantitative estimate of drug-likeness (QED) is 0.213. The Morgan fingerprint density at radius 2 is 1.72 bits per heavy atom. The summed E-state index contributed by atoms with van der Waals surface area (Å²) in [5.41, 5.74) is -0.328. The molecule has 0 atom stereocenters. The second-order valence-electron chi connectivity index (χ2n) is 9.43. The van der Waals surface area contributed by atoms with Crippen molar-refractivity contribution in [1.29, 1.82) is 0 Å². The zero-order valence-electron chi connectivity index (χ0n) is 22.1. The Balaban J connectivity index is 1.73. The van der Waals surface area contributed by atoms with E-state index in [0.717, 1.165) is 18.4 Å². The predicted molar refractivity (Wildman–Crippen MR) is 163 cm³/mol. The maximum atomic E-state index is 14.8. The van der Waals surface area contributed by atoms with Gasteiger partial charge >= 0.3 is 0 Å². The lowest BCUT2D eigenvalue weighted by Crippen LogP contribution is -2.33. The first-order chi connectivity index (χ1) is 20.2. The molecule has 2 aromatic heterocycles. The first kappa shape index (κ1) is 30.3. The molecule has 5 aromatic rings. The van der Waals surface area contributed by atoms with E-state index in [0.29, 0.717) is 10.9 Å². The van der Waals surface area contributed by atoms with E-state index in [-0.39, 0.29) is 44.7 Å². The number of benzene rings is 3. The molecule has 0 radical (unpaired) electrons. The summed E-state index contributed by atoms with van der Waals surface area (Å²) < 4.78 is 70.7. The van der Waals surface area contributed by atoms with Gasteiger partial charge in [-0.2, -0.15) is 0 Å². The van der Waals surface area contributed by atoms with E-state index in [9.17, 15) is 30.8 Å². The lowest BCUT2D eigenvalue weighted by molar-refractivity contribution is 0.0974. The molecule has 0 unspecified atom stereocenters. The zero-order chi connectivity index (χ0) is 31.1. The van der Waals surface area contributed by atoms with E-state index in [4.69, 9.17) is 23.2 Å². The Hall–Kier alpha value is -4.17. The predicted octanol–water partition coefficient (Wildman–Crippen LogP) is 4.98. The number of aromatic nitrogens is 2. The molecule has 5 rings (SSSR count). The molecular weight excluding hydrogens is 642 g/mol. The van der Waals surface area contributed by atoms with Crippen molar-refractivity contribution >= 4 is 65.7 Å². The number of amides is 1. The van der Waals surface area contributed by atoms with Gasteiger partial charge in [-0.15, -0.1) is 0 Å². The SMILES string of the molecule is CS(=O)(=O)Nc1ccc(Cl)c(S(=O)(=O)NC(=O)c2c(-c3ccc[nH]c3=O)c3cc(Cl)ccc3n2Cc2ccccc2F)c1. The van der Waals surface area contributed by atoms with Gasteiger partial charge in [0.2, 0.25) is 10.0 Å². The Bertz CT molecular complexity index is 2200. The van der Waals surface area contributed by atoms with Gasteiger partial charge in [0.05, 0.1) is 17.8 Å². The van der Waals surface area contributed by atoms with Crippen LogP contribution in [0.3, 0.4) is 0 Å². The number of pyridine rings is 1. The van der Waals surface area contributed by atoms with E-state index in [1.54, 1.807) is 18.2 Å². The number of halogens is 3. The number of sulfonamides is 2. The van der Waals surface area contributed by atoms with Gasteiger partial charge < -0.3 is 9.55 Å². The Kier molecular flexibility index (Phi) is 8.09. The molecule has 1 amide bonds. The molecule has 2 heterocycles. The van der Waals surface area contributed by atoms with Crippen molar-refractivity contribution in [1.82, 2.24) is 14.3 Å². The fourth-order valence-electron chi connectivity index (χ4n) is 4.63. The summed E-state index contributed by atoms with van der Waals surface area (Å²) >= 11 is 12.4. The van der Waals surface area contributed by atoms with Crippen molar-refractivity contribution in [2.24, 2.45) is 0 Å². The monoisotopic (exact) mass is 662 g/mol. The van der Waals surface area contributed by atoms with Crippen molar-refractivity contribution in [3.63, 3.8) is 0 Å². The Labute approximate surface area is 255 Å². The number of hydrogen-bond donors (Lipinski definition) is 3. The largest absolute Gasteiger partial charge is 0.331 e. The van der Waals surface area contributed by atoms with Gasteiger partial charge in [0.1, 0.15) is 16.4 Å². The van der Waals surface area contributed by atoms with Crippen molar-refractivity contribution in [2.75, 3.05) is 11.0 Å². The number of hydrogen-bond acceptors (Lipinski definition) is 6. The molecule has 10 nitrogen and oxygen atoms in total. The van der Waals surface area contributed by atoms with Crippen LogP contribution in [0.4, 0.5) is 10.1 Å². The van der Waals surface area contributed by atoms with Crippen molar-refractivity contribution in [3.05, 3.63) is 116 Å². The van der Waals surface area contributed by atoms with Gasteiger partial charge in [-0.25, -0.2) is 25.9 Å². The van der Waals surface area contributed by atoms with Gasteiger partial charge in [0.25, 0.3) is 21.5 Å². The average Bonchev–Trinajstić information content (AvgIpc) is 3.23. The van der Waals surface area contributed by atoms with Crippen molar-refractivity contribution in [3.8, 4) is 11.1 Å². The normalized spacial score (nSPS) is 11.9. The second kappa shape index (κ2) is 11.5. The zero-order valence-corrected chi connectivity index (χ0v) is 25.2. The van der Waals surface area contributed by atoms with Crippen LogP contribution in [-0.2, 0) is 26.6 Å². The number of nitrogens with one attached hydrogen (secondary N) is 3. The van der Waals surface area contributed by atoms with Gasteiger partial charge in [0.15, 0.2) is 0 Å².